The van der Waals surface area contributed by atoms with Crippen LogP contribution in [0.1, 0.15) is 23.8 Å². The molecular formula is C18H16F2N2O2S2. The quantitative estimate of drug-likeness (QED) is 0.671. The second-order valence-electron chi connectivity index (χ2n) is 6.30. The highest BCUT2D eigenvalue weighted by molar-refractivity contribution is 7.89. The molecule has 0 bridgehead atoms. The van der Waals surface area contributed by atoms with Gasteiger partial charge in [-0.2, -0.15) is 4.31 Å². The maximum atomic E-state index is 14.0. The minimum absolute atomic E-state index is 0.0283. The number of sulfonamides is 1. The molecule has 1 aromatic heterocycles. The molecule has 4 rings (SSSR count). The van der Waals surface area contributed by atoms with E-state index in [0.717, 1.165) is 33.8 Å². The SMILES string of the molecule is O=S(=O)(c1ccc(F)cc1F)N1CCCC(c2nc3ccccc3s2)C1. The number of nitrogens with zero attached hydrogens (tertiary/aromatic N) is 2. The summed E-state index contributed by atoms with van der Waals surface area (Å²) in [5.41, 5.74) is 0.900. The molecule has 26 heavy (non-hydrogen) atoms. The number of benzene rings is 2. The normalized spacial score (nSPS) is 19.1. The van der Waals surface area contributed by atoms with Gasteiger partial charge in [0.25, 0.3) is 0 Å². The predicted molar refractivity (Wildman–Crippen MR) is 96.7 cm³/mol. The van der Waals surface area contributed by atoms with Crippen molar-refractivity contribution in [1.29, 1.82) is 0 Å². The lowest BCUT2D eigenvalue weighted by molar-refractivity contribution is 0.314. The van der Waals surface area contributed by atoms with Crippen LogP contribution in [0.15, 0.2) is 47.4 Å². The fourth-order valence-electron chi connectivity index (χ4n) is 3.25. The molecule has 0 saturated carbocycles. The molecule has 1 aliphatic rings. The maximum Gasteiger partial charge on any atom is 0.246 e. The molecule has 8 heteroatoms. The summed E-state index contributed by atoms with van der Waals surface area (Å²) in [6.45, 7) is 0.569. The predicted octanol–water partition coefficient (Wildman–Crippen LogP) is 4.14. The molecule has 1 saturated heterocycles. The lowest BCUT2D eigenvalue weighted by atomic mass is 10.0. The van der Waals surface area contributed by atoms with Crippen LogP contribution in [0.25, 0.3) is 10.2 Å². The van der Waals surface area contributed by atoms with Crippen molar-refractivity contribution in [2.75, 3.05) is 13.1 Å². The van der Waals surface area contributed by atoms with Gasteiger partial charge < -0.3 is 0 Å². The molecule has 2 aromatic carbocycles. The minimum atomic E-state index is -4.01. The highest BCUT2D eigenvalue weighted by atomic mass is 32.2. The number of para-hydroxylation sites is 1. The zero-order chi connectivity index (χ0) is 18.3. The maximum absolute atomic E-state index is 14.0. The van der Waals surface area contributed by atoms with Crippen LogP contribution >= 0.6 is 11.3 Å². The summed E-state index contributed by atoms with van der Waals surface area (Å²) in [6.07, 6.45) is 1.50. The van der Waals surface area contributed by atoms with E-state index in [0.29, 0.717) is 19.0 Å². The van der Waals surface area contributed by atoms with Gasteiger partial charge >= 0.3 is 0 Å². The molecule has 4 nitrogen and oxygen atoms in total. The van der Waals surface area contributed by atoms with Crippen LogP contribution < -0.4 is 0 Å². The van der Waals surface area contributed by atoms with E-state index < -0.39 is 26.6 Å². The third-order valence-corrected chi connectivity index (χ3v) is 7.65. The number of piperidine rings is 1. The topological polar surface area (TPSA) is 50.3 Å². The van der Waals surface area contributed by atoms with Crippen molar-refractivity contribution in [2.24, 2.45) is 0 Å². The number of hydrogen-bond acceptors (Lipinski definition) is 4. The molecule has 0 N–H and O–H groups in total. The number of aromatic nitrogens is 1. The highest BCUT2D eigenvalue weighted by Crippen LogP contribution is 2.35. The second-order valence-corrected chi connectivity index (χ2v) is 9.27. The average Bonchev–Trinajstić information content (AvgIpc) is 3.06. The van der Waals surface area contributed by atoms with Crippen molar-refractivity contribution >= 4 is 31.6 Å². The zero-order valence-electron chi connectivity index (χ0n) is 13.7. The van der Waals surface area contributed by atoms with Crippen LogP contribution in [0.3, 0.4) is 0 Å². The minimum Gasteiger partial charge on any atom is -0.241 e. The van der Waals surface area contributed by atoms with Crippen molar-refractivity contribution in [2.45, 2.75) is 23.7 Å². The molecule has 1 fully saturated rings. The van der Waals surface area contributed by atoms with Crippen molar-refractivity contribution in [3.63, 3.8) is 0 Å². The van der Waals surface area contributed by atoms with Gasteiger partial charge in [0, 0.05) is 25.1 Å². The molecule has 1 unspecified atom stereocenters. The molecule has 1 aliphatic heterocycles. The number of hydrogen-bond donors (Lipinski definition) is 0. The molecule has 2 heterocycles. The lowest BCUT2D eigenvalue weighted by Crippen LogP contribution is -2.39. The van der Waals surface area contributed by atoms with E-state index in [1.165, 1.54) is 4.31 Å². The molecular weight excluding hydrogens is 378 g/mol. The van der Waals surface area contributed by atoms with Gasteiger partial charge in [0.2, 0.25) is 10.0 Å². The van der Waals surface area contributed by atoms with Crippen LogP contribution in [0.4, 0.5) is 8.78 Å². The number of fused-ring (bicyclic) bond motifs is 1. The summed E-state index contributed by atoms with van der Waals surface area (Å²) in [6, 6.07) is 10.3. The van der Waals surface area contributed by atoms with Crippen LogP contribution in [0.5, 0.6) is 0 Å². The Hall–Kier alpha value is -1.90. The third kappa shape index (κ3) is 3.13. The van der Waals surface area contributed by atoms with Crippen molar-refractivity contribution in [1.82, 2.24) is 9.29 Å². The van der Waals surface area contributed by atoms with Crippen molar-refractivity contribution < 1.29 is 17.2 Å². The first-order valence-corrected chi connectivity index (χ1v) is 10.5. The standard InChI is InChI=1S/C18H16F2N2O2S2/c19-13-7-8-17(14(20)10-13)26(23,24)22-9-3-4-12(11-22)18-21-15-5-1-2-6-16(15)25-18/h1-2,5-8,10,12H,3-4,9,11H2. The van der Waals surface area contributed by atoms with Crippen LogP contribution in [-0.4, -0.2) is 30.8 Å². The van der Waals surface area contributed by atoms with E-state index in [1.54, 1.807) is 11.3 Å². The van der Waals surface area contributed by atoms with Crippen molar-refractivity contribution in [3.8, 4) is 0 Å². The Labute approximate surface area is 154 Å². The number of thiazole rings is 1. The Bertz CT molecular complexity index is 1030. The van der Waals surface area contributed by atoms with Gasteiger partial charge in [-0.15, -0.1) is 11.3 Å². The molecule has 3 aromatic rings. The van der Waals surface area contributed by atoms with Gasteiger partial charge in [-0.05, 0) is 37.1 Å². The molecule has 0 spiro atoms. The van der Waals surface area contributed by atoms with E-state index in [4.69, 9.17) is 0 Å². The average molecular weight is 394 g/mol. The van der Waals surface area contributed by atoms with E-state index in [1.807, 2.05) is 24.3 Å². The van der Waals surface area contributed by atoms with Gasteiger partial charge in [0.05, 0.1) is 15.2 Å². The van der Waals surface area contributed by atoms with Gasteiger partial charge in [0.15, 0.2) is 0 Å². The van der Waals surface area contributed by atoms with Crippen LogP contribution in [0, 0.1) is 11.6 Å². The molecule has 0 radical (unpaired) electrons. The number of halogens is 2. The van der Waals surface area contributed by atoms with Gasteiger partial charge in [-0.25, -0.2) is 22.2 Å². The largest absolute Gasteiger partial charge is 0.246 e. The third-order valence-electron chi connectivity index (χ3n) is 4.56. The summed E-state index contributed by atoms with van der Waals surface area (Å²) in [5, 5.41) is 0.894. The molecule has 0 amide bonds. The van der Waals surface area contributed by atoms with Crippen molar-refractivity contribution in [3.05, 3.63) is 59.1 Å². The van der Waals surface area contributed by atoms with Gasteiger partial charge in [-0.3, -0.25) is 0 Å². The van der Waals surface area contributed by atoms with E-state index in [-0.39, 0.29) is 12.5 Å². The summed E-state index contributed by atoms with van der Waals surface area (Å²) in [7, 11) is -4.01. The Morgan fingerprint density at radius 1 is 1.15 bits per heavy atom. The molecule has 0 aliphatic carbocycles. The summed E-state index contributed by atoms with van der Waals surface area (Å²) in [5.74, 6) is -1.89. The first kappa shape index (κ1) is 17.5. The van der Waals surface area contributed by atoms with Crippen LogP contribution in [-0.2, 0) is 10.0 Å². The van der Waals surface area contributed by atoms with Crippen LogP contribution in [0.2, 0.25) is 0 Å². The zero-order valence-corrected chi connectivity index (χ0v) is 15.4. The molecule has 1 atom stereocenters. The fourth-order valence-corrected chi connectivity index (χ4v) is 5.91. The Balaban J connectivity index is 1.63. The summed E-state index contributed by atoms with van der Waals surface area (Å²) in [4.78, 5) is 4.15. The molecule has 136 valence electrons. The first-order chi connectivity index (χ1) is 12.4. The monoisotopic (exact) mass is 394 g/mol. The summed E-state index contributed by atoms with van der Waals surface area (Å²) < 4.78 is 55.1. The van der Waals surface area contributed by atoms with E-state index in [9.17, 15) is 17.2 Å². The van der Waals surface area contributed by atoms with Gasteiger partial charge in [-0.1, -0.05) is 12.1 Å². The number of rotatable bonds is 3. The van der Waals surface area contributed by atoms with E-state index in [2.05, 4.69) is 4.98 Å². The highest BCUT2D eigenvalue weighted by Gasteiger charge is 2.33. The summed E-state index contributed by atoms with van der Waals surface area (Å²) >= 11 is 1.56. The second kappa shape index (κ2) is 6.68. The fraction of sp³-hybridized carbons (Fsp3) is 0.278. The Morgan fingerprint density at radius 2 is 1.96 bits per heavy atom. The Morgan fingerprint density at radius 3 is 2.73 bits per heavy atom. The first-order valence-electron chi connectivity index (χ1n) is 8.26. The van der Waals surface area contributed by atoms with E-state index >= 15 is 0 Å². The Kier molecular flexibility index (Phi) is 4.50. The smallest absolute Gasteiger partial charge is 0.241 e. The lowest BCUT2D eigenvalue weighted by Gasteiger charge is -2.31. The van der Waals surface area contributed by atoms with Gasteiger partial charge in [0.1, 0.15) is 16.5 Å².